The molecule has 0 fully saturated rings. The Bertz CT molecular complexity index is 482. The van der Waals surface area contributed by atoms with Crippen molar-refractivity contribution >= 4 is 0 Å². The maximum atomic E-state index is 13.8. The third-order valence-corrected chi connectivity index (χ3v) is 4.05. The van der Waals surface area contributed by atoms with E-state index in [0.717, 1.165) is 32.2 Å². The molecule has 1 atom stereocenters. The number of rotatable bonds is 7. The van der Waals surface area contributed by atoms with Crippen LogP contribution in [0.5, 0.6) is 0 Å². The van der Waals surface area contributed by atoms with Crippen LogP contribution in [-0.2, 0) is 6.42 Å². The molecule has 1 unspecified atom stereocenters. The molecule has 0 saturated carbocycles. The van der Waals surface area contributed by atoms with Gasteiger partial charge in [0, 0.05) is 6.04 Å². The van der Waals surface area contributed by atoms with Gasteiger partial charge in [-0.3, -0.25) is 0 Å². The zero-order chi connectivity index (χ0) is 15.1. The van der Waals surface area contributed by atoms with Crippen molar-refractivity contribution in [3.63, 3.8) is 0 Å². The van der Waals surface area contributed by atoms with Crippen molar-refractivity contribution in [2.45, 2.75) is 57.9 Å². The molecule has 1 nitrogen and oxygen atoms in total. The molecular formula is C18H25F2N. The van der Waals surface area contributed by atoms with E-state index in [9.17, 15) is 8.78 Å². The SMILES string of the molecule is CCCNC(CC1=CCCCC1)Cc1cc(F)ccc1F. The van der Waals surface area contributed by atoms with E-state index in [-0.39, 0.29) is 17.7 Å². The average Bonchev–Trinajstić information content (AvgIpc) is 2.49. The van der Waals surface area contributed by atoms with Crippen LogP contribution in [-0.4, -0.2) is 12.6 Å². The van der Waals surface area contributed by atoms with Gasteiger partial charge in [0.25, 0.3) is 0 Å². The van der Waals surface area contributed by atoms with Crippen molar-refractivity contribution in [3.05, 3.63) is 47.0 Å². The van der Waals surface area contributed by atoms with Gasteiger partial charge in [0.05, 0.1) is 0 Å². The van der Waals surface area contributed by atoms with Gasteiger partial charge in [0.15, 0.2) is 0 Å². The lowest BCUT2D eigenvalue weighted by atomic mass is 9.91. The first-order valence-electron chi connectivity index (χ1n) is 8.04. The second-order valence-electron chi connectivity index (χ2n) is 5.90. The standard InChI is InChI=1S/C18H25F2N/c1-2-10-21-17(11-14-6-4-3-5-7-14)13-15-12-16(19)8-9-18(15)20/h6,8-9,12,17,21H,2-5,7,10-11,13H2,1H3. The zero-order valence-electron chi connectivity index (χ0n) is 12.8. The highest BCUT2D eigenvalue weighted by atomic mass is 19.1. The van der Waals surface area contributed by atoms with Crippen LogP contribution in [0.3, 0.4) is 0 Å². The fraction of sp³-hybridized carbons (Fsp3) is 0.556. The van der Waals surface area contributed by atoms with Crippen molar-refractivity contribution in [3.8, 4) is 0 Å². The summed E-state index contributed by atoms with van der Waals surface area (Å²) in [6, 6.07) is 3.91. The first-order chi connectivity index (χ1) is 10.2. The molecule has 1 aromatic carbocycles. The minimum absolute atomic E-state index is 0.186. The van der Waals surface area contributed by atoms with Crippen molar-refractivity contribution in [1.29, 1.82) is 0 Å². The first-order valence-corrected chi connectivity index (χ1v) is 8.04. The van der Waals surface area contributed by atoms with Gasteiger partial charge in [-0.05, 0) is 75.3 Å². The van der Waals surface area contributed by atoms with Gasteiger partial charge < -0.3 is 5.32 Å². The third kappa shape index (κ3) is 5.24. The minimum Gasteiger partial charge on any atom is -0.313 e. The summed E-state index contributed by atoms with van der Waals surface area (Å²) in [6.45, 7) is 3.03. The van der Waals surface area contributed by atoms with Crippen LogP contribution in [0.1, 0.15) is 51.0 Å². The molecule has 0 aromatic heterocycles. The Morgan fingerprint density at radius 3 is 2.76 bits per heavy atom. The lowest BCUT2D eigenvalue weighted by Gasteiger charge is -2.22. The number of nitrogens with one attached hydrogen (secondary N) is 1. The predicted molar refractivity (Wildman–Crippen MR) is 83.3 cm³/mol. The van der Waals surface area contributed by atoms with Crippen LogP contribution >= 0.6 is 0 Å². The molecular weight excluding hydrogens is 268 g/mol. The topological polar surface area (TPSA) is 12.0 Å². The van der Waals surface area contributed by atoms with Crippen molar-refractivity contribution in [2.75, 3.05) is 6.54 Å². The summed E-state index contributed by atoms with van der Waals surface area (Å²) in [4.78, 5) is 0. The predicted octanol–water partition coefficient (Wildman–Crippen LogP) is 4.77. The molecule has 1 aromatic rings. The van der Waals surface area contributed by atoms with E-state index in [1.54, 1.807) is 0 Å². The molecule has 1 aliphatic carbocycles. The molecule has 0 saturated heterocycles. The highest BCUT2D eigenvalue weighted by Gasteiger charge is 2.15. The number of hydrogen-bond acceptors (Lipinski definition) is 1. The molecule has 0 spiro atoms. The summed E-state index contributed by atoms with van der Waals surface area (Å²) in [5.41, 5.74) is 1.94. The Hall–Kier alpha value is -1.22. The van der Waals surface area contributed by atoms with Crippen LogP contribution in [0.15, 0.2) is 29.8 Å². The van der Waals surface area contributed by atoms with Crippen LogP contribution in [0, 0.1) is 11.6 Å². The minimum atomic E-state index is -0.363. The van der Waals surface area contributed by atoms with E-state index >= 15 is 0 Å². The summed E-state index contributed by atoms with van der Waals surface area (Å²) < 4.78 is 27.1. The molecule has 21 heavy (non-hydrogen) atoms. The Labute approximate surface area is 126 Å². The second-order valence-corrected chi connectivity index (χ2v) is 5.90. The fourth-order valence-electron chi connectivity index (χ4n) is 2.94. The monoisotopic (exact) mass is 293 g/mol. The molecule has 0 radical (unpaired) electrons. The molecule has 0 aliphatic heterocycles. The zero-order valence-corrected chi connectivity index (χ0v) is 12.8. The number of halogens is 2. The normalized spacial score (nSPS) is 16.6. The van der Waals surface area contributed by atoms with E-state index in [2.05, 4.69) is 18.3 Å². The molecule has 116 valence electrons. The van der Waals surface area contributed by atoms with Gasteiger partial charge >= 0.3 is 0 Å². The summed E-state index contributed by atoms with van der Waals surface area (Å²) >= 11 is 0. The summed E-state index contributed by atoms with van der Waals surface area (Å²) in [5.74, 6) is -0.671. The van der Waals surface area contributed by atoms with Crippen molar-refractivity contribution < 1.29 is 8.78 Å². The first kappa shape index (κ1) is 16.2. The Morgan fingerprint density at radius 2 is 2.05 bits per heavy atom. The number of benzene rings is 1. The van der Waals surface area contributed by atoms with E-state index in [1.807, 2.05) is 0 Å². The molecule has 0 bridgehead atoms. The number of allylic oxidation sites excluding steroid dienone is 1. The number of hydrogen-bond donors (Lipinski definition) is 1. The van der Waals surface area contributed by atoms with Crippen molar-refractivity contribution in [1.82, 2.24) is 5.32 Å². The van der Waals surface area contributed by atoms with E-state index in [1.165, 1.54) is 36.6 Å². The van der Waals surface area contributed by atoms with Gasteiger partial charge in [-0.25, -0.2) is 8.78 Å². The molecule has 1 N–H and O–H groups in total. The fourth-order valence-corrected chi connectivity index (χ4v) is 2.94. The molecule has 0 amide bonds. The molecule has 1 aliphatic rings. The van der Waals surface area contributed by atoms with Gasteiger partial charge in [-0.15, -0.1) is 0 Å². The van der Waals surface area contributed by atoms with Crippen LogP contribution in [0.25, 0.3) is 0 Å². The summed E-state index contributed by atoms with van der Waals surface area (Å²) in [6.07, 6.45) is 9.68. The van der Waals surface area contributed by atoms with Crippen molar-refractivity contribution in [2.24, 2.45) is 0 Å². The molecule has 2 rings (SSSR count). The van der Waals surface area contributed by atoms with Gasteiger partial charge in [0.2, 0.25) is 0 Å². The van der Waals surface area contributed by atoms with Crippen LogP contribution < -0.4 is 5.32 Å². The van der Waals surface area contributed by atoms with Gasteiger partial charge in [0.1, 0.15) is 11.6 Å². The van der Waals surface area contributed by atoms with E-state index < -0.39 is 0 Å². The summed E-state index contributed by atoms with van der Waals surface area (Å²) in [5, 5.41) is 3.48. The lowest BCUT2D eigenvalue weighted by Crippen LogP contribution is -2.32. The van der Waals surface area contributed by atoms with Gasteiger partial charge in [-0.2, -0.15) is 0 Å². The van der Waals surface area contributed by atoms with E-state index in [4.69, 9.17) is 0 Å². The van der Waals surface area contributed by atoms with Crippen LogP contribution in [0.4, 0.5) is 8.78 Å². The summed E-state index contributed by atoms with van der Waals surface area (Å²) in [7, 11) is 0. The Balaban J connectivity index is 2.04. The highest BCUT2D eigenvalue weighted by Crippen LogP contribution is 2.23. The largest absolute Gasteiger partial charge is 0.313 e. The lowest BCUT2D eigenvalue weighted by molar-refractivity contribution is 0.478. The maximum absolute atomic E-state index is 13.8. The third-order valence-electron chi connectivity index (χ3n) is 4.05. The maximum Gasteiger partial charge on any atom is 0.126 e. The second kappa shape index (κ2) is 8.28. The molecule has 0 heterocycles. The van der Waals surface area contributed by atoms with Gasteiger partial charge in [-0.1, -0.05) is 18.6 Å². The quantitative estimate of drug-likeness (QED) is 0.714. The Morgan fingerprint density at radius 1 is 1.19 bits per heavy atom. The smallest absolute Gasteiger partial charge is 0.126 e. The van der Waals surface area contributed by atoms with Crippen LogP contribution in [0.2, 0.25) is 0 Å². The molecule has 3 heteroatoms. The Kier molecular flexibility index (Phi) is 6.37. The average molecular weight is 293 g/mol. The van der Waals surface area contributed by atoms with E-state index in [0.29, 0.717) is 12.0 Å². The highest BCUT2D eigenvalue weighted by molar-refractivity contribution is 5.20.